The van der Waals surface area contributed by atoms with Crippen molar-refractivity contribution in [2.75, 3.05) is 18.5 Å². The number of alkyl halides is 3. The van der Waals surface area contributed by atoms with Gasteiger partial charge < -0.3 is 35.9 Å². The molecule has 1 aliphatic heterocycles. The number of aliphatic hydroxyl groups is 1. The predicted molar refractivity (Wildman–Crippen MR) is 168 cm³/mol. The average molecular weight is 656 g/mol. The van der Waals surface area contributed by atoms with Gasteiger partial charge in [-0.25, -0.2) is 15.0 Å². The van der Waals surface area contributed by atoms with Crippen molar-refractivity contribution in [1.29, 1.82) is 0 Å². The van der Waals surface area contributed by atoms with Gasteiger partial charge >= 0.3 is 18.4 Å². The molecule has 6 N–H and O–H groups in total. The van der Waals surface area contributed by atoms with E-state index in [1.54, 1.807) is 75.4 Å². The highest BCUT2D eigenvalue weighted by Crippen LogP contribution is 2.42. The van der Waals surface area contributed by atoms with Crippen LogP contribution in [0.3, 0.4) is 0 Å². The second-order valence-corrected chi connectivity index (χ2v) is 11.8. The zero-order chi connectivity index (χ0) is 34.4. The number of amides is 3. The summed E-state index contributed by atoms with van der Waals surface area (Å²) in [6.45, 7) is 4.55. The number of carbonyl (C=O) groups excluding carboxylic acids is 2. The van der Waals surface area contributed by atoms with Gasteiger partial charge in [-0.3, -0.25) is 4.79 Å². The Hall–Kier alpha value is -5.08. The van der Waals surface area contributed by atoms with Gasteiger partial charge in [0, 0.05) is 25.3 Å². The highest BCUT2D eigenvalue weighted by Gasteiger charge is 2.57. The van der Waals surface area contributed by atoms with E-state index in [4.69, 9.17) is 4.74 Å². The number of halogens is 3. The van der Waals surface area contributed by atoms with E-state index in [0.29, 0.717) is 22.3 Å². The Morgan fingerprint density at radius 3 is 2.38 bits per heavy atom. The molecular weight excluding hydrogens is 619 g/mol. The highest BCUT2D eigenvalue weighted by atomic mass is 19.4. The van der Waals surface area contributed by atoms with Crippen molar-refractivity contribution in [1.82, 2.24) is 21.1 Å². The summed E-state index contributed by atoms with van der Waals surface area (Å²) in [5.41, 5.74) is 3.14. The van der Waals surface area contributed by atoms with Gasteiger partial charge in [0.25, 0.3) is 5.91 Å². The van der Waals surface area contributed by atoms with Crippen LogP contribution in [0.5, 0.6) is 0 Å². The Balaban J connectivity index is 1.55. The number of nitrogens with one attached hydrogen (secondary N) is 4. The average Bonchev–Trinajstić information content (AvgIpc) is 3.47. The summed E-state index contributed by atoms with van der Waals surface area (Å²) in [7, 11) is 0. The van der Waals surface area contributed by atoms with E-state index in [9.17, 15) is 37.8 Å². The second-order valence-electron chi connectivity index (χ2n) is 11.8. The second kappa shape index (κ2) is 14.1. The number of aliphatic hydroxyl groups excluding tert-OH is 1. The topological polar surface area (TPSA) is 152 Å². The monoisotopic (exact) mass is 655 g/mol. The molecule has 0 saturated carbocycles. The van der Waals surface area contributed by atoms with E-state index < -0.39 is 35.4 Å². The third-order valence-corrected chi connectivity index (χ3v) is 7.12. The summed E-state index contributed by atoms with van der Waals surface area (Å²) in [4.78, 5) is 38.0. The largest absolute Gasteiger partial charge is 0.465 e. The summed E-state index contributed by atoms with van der Waals surface area (Å²) in [5.74, 6) is -0.836. The molecule has 3 aromatic rings. The minimum atomic E-state index is -4.87. The number of nitrogens with zero attached hydrogens (tertiary/aromatic N) is 1. The fourth-order valence-electron chi connectivity index (χ4n) is 4.94. The molecule has 3 aromatic carbocycles. The Morgan fingerprint density at radius 2 is 1.70 bits per heavy atom. The van der Waals surface area contributed by atoms with Crippen molar-refractivity contribution >= 4 is 23.8 Å². The molecule has 11 nitrogen and oxygen atoms in total. The molecule has 1 heterocycles. The van der Waals surface area contributed by atoms with Gasteiger partial charge in [0.2, 0.25) is 0 Å². The van der Waals surface area contributed by atoms with Gasteiger partial charge in [-0.1, -0.05) is 60.7 Å². The van der Waals surface area contributed by atoms with Crippen LogP contribution in [0.25, 0.3) is 11.1 Å². The van der Waals surface area contributed by atoms with E-state index in [0.717, 1.165) is 11.0 Å². The van der Waals surface area contributed by atoms with Crippen LogP contribution in [0, 0.1) is 0 Å². The number of ether oxygens (including phenoxy) is 1. The number of carbonyl (C=O) groups is 3. The minimum Gasteiger partial charge on any atom is -0.465 e. The Bertz CT molecular complexity index is 1660. The molecule has 1 aliphatic rings. The summed E-state index contributed by atoms with van der Waals surface area (Å²) in [6, 6.07) is 19.1. The first-order valence-corrected chi connectivity index (χ1v) is 14.6. The van der Waals surface area contributed by atoms with E-state index in [-0.39, 0.29) is 43.2 Å². The predicted octanol–water partition coefficient (Wildman–Crippen LogP) is 5.24. The Kier molecular flexibility index (Phi) is 10.5. The number of hydrogen-bond donors (Lipinski definition) is 6. The smallest absolute Gasteiger partial charge is 0.416 e. The molecule has 0 aliphatic carbocycles. The lowest BCUT2D eigenvalue weighted by Crippen LogP contribution is -2.53. The number of carboxylic acid groups (broad SMARTS) is 1. The van der Waals surface area contributed by atoms with Crippen LogP contribution in [0.1, 0.15) is 37.5 Å². The van der Waals surface area contributed by atoms with Gasteiger partial charge in [0.1, 0.15) is 11.3 Å². The van der Waals surface area contributed by atoms with Crippen molar-refractivity contribution in [2.24, 2.45) is 0 Å². The first-order valence-electron chi connectivity index (χ1n) is 14.6. The highest BCUT2D eigenvalue weighted by molar-refractivity contribution is 6.04. The van der Waals surface area contributed by atoms with Crippen LogP contribution in [0.4, 0.5) is 28.4 Å². The standard InChI is InChI=1S/C33H36F3N5O6/c1-31(2,3)47-29(44)37-19-21-8-6-11-24(16-21)32(33(34,35)36)18-27(39-40-32)28(43)38-25-12-7-10-22(17-25)26-13-5-4-9-23(26)20-41(14-15-42)30(45)46/h4-13,16-18,39-40,42H,14-15,19-20H2,1-3H3,(H,37,44)(H,38,43)(H,45,46). The van der Waals surface area contributed by atoms with Gasteiger partial charge in [-0.05, 0) is 66.8 Å². The molecule has 1 unspecified atom stereocenters. The number of alkyl carbamates (subject to hydrolysis) is 1. The lowest BCUT2D eigenvalue weighted by molar-refractivity contribution is -0.184. The third kappa shape index (κ3) is 8.60. The molecule has 0 bridgehead atoms. The fourth-order valence-corrected chi connectivity index (χ4v) is 4.94. The van der Waals surface area contributed by atoms with E-state index >= 15 is 0 Å². The summed E-state index contributed by atoms with van der Waals surface area (Å²) >= 11 is 0. The van der Waals surface area contributed by atoms with Crippen molar-refractivity contribution in [3.05, 3.63) is 101 Å². The third-order valence-electron chi connectivity index (χ3n) is 7.12. The van der Waals surface area contributed by atoms with Crippen LogP contribution in [0.15, 0.2) is 84.6 Å². The first-order chi connectivity index (χ1) is 22.1. The first kappa shape index (κ1) is 34.8. The van der Waals surface area contributed by atoms with Gasteiger partial charge in [-0.15, -0.1) is 0 Å². The molecule has 0 spiro atoms. The number of anilines is 1. The minimum absolute atomic E-state index is 0.00290. The maximum atomic E-state index is 14.6. The molecule has 3 amide bonds. The fraction of sp³-hybridized carbons (Fsp3) is 0.303. The summed E-state index contributed by atoms with van der Waals surface area (Å²) in [5, 5.41) is 23.9. The lowest BCUT2D eigenvalue weighted by atomic mass is 9.88. The van der Waals surface area contributed by atoms with Gasteiger partial charge in [0.15, 0.2) is 5.54 Å². The quantitative estimate of drug-likeness (QED) is 0.174. The molecule has 250 valence electrons. The zero-order valence-corrected chi connectivity index (χ0v) is 25.9. The maximum Gasteiger partial charge on any atom is 0.416 e. The Labute approximate surface area is 269 Å². The van der Waals surface area contributed by atoms with Crippen LogP contribution < -0.4 is 21.5 Å². The maximum absolute atomic E-state index is 14.6. The SMILES string of the molecule is CC(C)(C)OC(=O)NCc1cccc(C2(C(F)(F)F)C=C(C(=O)Nc3cccc(-c4ccccc4CN(CCO)C(=O)O)c3)NN2)c1. The zero-order valence-electron chi connectivity index (χ0n) is 25.9. The van der Waals surface area contributed by atoms with E-state index in [1.165, 1.54) is 18.2 Å². The molecule has 14 heteroatoms. The van der Waals surface area contributed by atoms with Crippen molar-refractivity contribution < 1.29 is 42.5 Å². The molecule has 1 atom stereocenters. The molecule has 0 aromatic heterocycles. The van der Waals surface area contributed by atoms with E-state index in [2.05, 4.69) is 21.5 Å². The van der Waals surface area contributed by atoms with Gasteiger partial charge in [-0.2, -0.15) is 13.2 Å². The molecule has 47 heavy (non-hydrogen) atoms. The number of benzene rings is 3. The van der Waals surface area contributed by atoms with Crippen molar-refractivity contribution in [3.63, 3.8) is 0 Å². The molecular formula is C33H36F3N5O6. The number of rotatable bonds is 10. The van der Waals surface area contributed by atoms with E-state index in [1.807, 2.05) is 0 Å². The normalized spacial score (nSPS) is 16.1. The Morgan fingerprint density at radius 1 is 0.979 bits per heavy atom. The number of hydrogen-bond acceptors (Lipinski definition) is 7. The van der Waals surface area contributed by atoms with Crippen LogP contribution >= 0.6 is 0 Å². The molecule has 0 saturated heterocycles. The molecule has 0 radical (unpaired) electrons. The lowest BCUT2D eigenvalue weighted by Gasteiger charge is -2.30. The van der Waals surface area contributed by atoms with Crippen molar-refractivity contribution in [2.45, 2.75) is 51.2 Å². The van der Waals surface area contributed by atoms with Crippen LogP contribution in [-0.4, -0.2) is 58.1 Å². The van der Waals surface area contributed by atoms with Crippen LogP contribution in [-0.2, 0) is 28.2 Å². The van der Waals surface area contributed by atoms with Gasteiger partial charge in [0.05, 0.1) is 6.61 Å². The van der Waals surface area contributed by atoms with Crippen molar-refractivity contribution in [3.8, 4) is 11.1 Å². The van der Waals surface area contributed by atoms with Crippen LogP contribution in [0.2, 0.25) is 0 Å². The molecule has 0 fully saturated rings. The summed E-state index contributed by atoms with van der Waals surface area (Å²) in [6.07, 6.45) is -6.02. The number of hydrazine groups is 1. The summed E-state index contributed by atoms with van der Waals surface area (Å²) < 4.78 is 49.1. The molecule has 4 rings (SSSR count).